The molecule has 6 heteroatoms. The van der Waals surface area contributed by atoms with Crippen LogP contribution in [-0.2, 0) is 6.42 Å². The Bertz CT molecular complexity index is 957. The maximum Gasteiger partial charge on any atom is 0.259 e. The van der Waals surface area contributed by atoms with Gasteiger partial charge in [0.25, 0.3) is 5.56 Å². The maximum atomic E-state index is 12.2. The van der Waals surface area contributed by atoms with Crippen molar-refractivity contribution in [1.29, 1.82) is 0 Å². The molecule has 3 aromatic rings. The molecule has 29 heavy (non-hydrogen) atoms. The van der Waals surface area contributed by atoms with Gasteiger partial charge in [0.2, 0.25) is 11.8 Å². The minimum Gasteiger partial charge on any atom is -0.493 e. The van der Waals surface area contributed by atoms with Gasteiger partial charge in [-0.15, -0.1) is 0 Å². The maximum absolute atomic E-state index is 12.2. The molecule has 0 spiro atoms. The molecule has 2 N–H and O–H groups in total. The number of nitrogens with one attached hydrogen (secondary N) is 1. The fraction of sp³-hybridized carbons (Fsp3) is 0.304. The normalized spacial score (nSPS) is 15.0. The number of hydrogen-bond donors (Lipinski definition) is 2. The Balaban J connectivity index is 1.55. The van der Waals surface area contributed by atoms with E-state index in [9.17, 15) is 9.90 Å². The van der Waals surface area contributed by atoms with E-state index in [-0.39, 0.29) is 17.5 Å². The third-order valence-electron chi connectivity index (χ3n) is 5.54. The van der Waals surface area contributed by atoms with Gasteiger partial charge in [-0.1, -0.05) is 67.6 Å². The van der Waals surface area contributed by atoms with Crippen LogP contribution in [0.3, 0.4) is 0 Å². The first-order chi connectivity index (χ1) is 14.2. The Morgan fingerprint density at radius 3 is 2.00 bits per heavy atom. The van der Waals surface area contributed by atoms with Crippen LogP contribution in [0.2, 0.25) is 0 Å². The monoisotopic (exact) mass is 390 g/mol. The van der Waals surface area contributed by atoms with E-state index in [2.05, 4.69) is 63.4 Å². The van der Waals surface area contributed by atoms with Crippen LogP contribution in [0.4, 0.5) is 5.95 Å². The van der Waals surface area contributed by atoms with Gasteiger partial charge in [0.1, 0.15) is 0 Å². The lowest BCUT2D eigenvalue weighted by atomic mass is 9.96. The summed E-state index contributed by atoms with van der Waals surface area (Å²) in [6, 6.07) is 21.3. The van der Waals surface area contributed by atoms with Crippen LogP contribution in [0.25, 0.3) is 0 Å². The summed E-state index contributed by atoms with van der Waals surface area (Å²) in [6.07, 6.45) is 0.456. The molecule has 0 unspecified atom stereocenters. The Kier molecular flexibility index (Phi) is 5.62. The Morgan fingerprint density at radius 2 is 1.52 bits per heavy atom. The molecule has 150 valence electrons. The highest BCUT2D eigenvalue weighted by molar-refractivity contribution is 5.37. The van der Waals surface area contributed by atoms with Crippen molar-refractivity contribution in [1.82, 2.24) is 14.9 Å². The number of rotatable bonds is 5. The number of aromatic hydroxyl groups is 1. The molecule has 0 radical (unpaired) electrons. The van der Waals surface area contributed by atoms with E-state index >= 15 is 0 Å². The molecule has 1 aromatic heterocycles. The zero-order valence-corrected chi connectivity index (χ0v) is 16.6. The van der Waals surface area contributed by atoms with Crippen molar-refractivity contribution in [3.05, 3.63) is 87.7 Å². The number of aromatic amines is 1. The average molecular weight is 390 g/mol. The minimum absolute atomic E-state index is 0.167. The second kappa shape index (κ2) is 8.49. The molecular weight excluding hydrogens is 364 g/mol. The summed E-state index contributed by atoms with van der Waals surface area (Å²) in [5.74, 6) is 0.278. The highest BCUT2D eigenvalue weighted by Crippen LogP contribution is 2.30. The van der Waals surface area contributed by atoms with E-state index < -0.39 is 0 Å². The molecule has 0 bridgehead atoms. The number of hydrogen-bond acceptors (Lipinski definition) is 5. The van der Waals surface area contributed by atoms with Gasteiger partial charge in [0, 0.05) is 26.2 Å². The number of aromatic nitrogens is 2. The lowest BCUT2D eigenvalue weighted by Gasteiger charge is -2.40. The zero-order valence-electron chi connectivity index (χ0n) is 16.6. The Labute approximate surface area is 170 Å². The summed E-state index contributed by atoms with van der Waals surface area (Å²) in [5.41, 5.74) is 2.61. The van der Waals surface area contributed by atoms with Crippen molar-refractivity contribution in [2.24, 2.45) is 0 Å². The van der Waals surface area contributed by atoms with E-state index in [0.29, 0.717) is 17.9 Å². The van der Waals surface area contributed by atoms with Gasteiger partial charge in [-0.05, 0) is 17.5 Å². The average Bonchev–Trinajstić information content (AvgIpc) is 2.76. The smallest absolute Gasteiger partial charge is 0.259 e. The molecule has 0 aliphatic carbocycles. The molecule has 1 saturated heterocycles. The first-order valence-electron chi connectivity index (χ1n) is 10.1. The SMILES string of the molecule is CCc1c(O)nc(N2CCN(C(c3ccccc3)c3ccccc3)CC2)[nH]c1=O. The Hall–Kier alpha value is -3.12. The summed E-state index contributed by atoms with van der Waals surface area (Å²) in [7, 11) is 0. The zero-order chi connectivity index (χ0) is 20.2. The van der Waals surface area contributed by atoms with Gasteiger partial charge in [0.15, 0.2) is 0 Å². The van der Waals surface area contributed by atoms with E-state index in [1.54, 1.807) is 0 Å². The molecule has 1 aliphatic heterocycles. The molecule has 1 aliphatic rings. The molecule has 1 fully saturated rings. The minimum atomic E-state index is -0.260. The predicted octanol–water partition coefficient (Wildman–Crippen LogP) is 2.95. The van der Waals surface area contributed by atoms with Crippen molar-refractivity contribution in [2.75, 3.05) is 31.1 Å². The van der Waals surface area contributed by atoms with Crippen LogP contribution < -0.4 is 10.5 Å². The van der Waals surface area contributed by atoms with Gasteiger partial charge < -0.3 is 10.0 Å². The van der Waals surface area contributed by atoms with E-state index in [1.165, 1.54) is 11.1 Å². The topological polar surface area (TPSA) is 72.5 Å². The number of nitrogens with zero attached hydrogens (tertiary/aromatic N) is 3. The van der Waals surface area contributed by atoms with Crippen LogP contribution >= 0.6 is 0 Å². The summed E-state index contributed by atoms with van der Waals surface area (Å²) in [6.45, 7) is 4.94. The van der Waals surface area contributed by atoms with Crippen molar-refractivity contribution in [2.45, 2.75) is 19.4 Å². The van der Waals surface area contributed by atoms with Crippen LogP contribution in [0.15, 0.2) is 65.5 Å². The number of benzene rings is 2. The van der Waals surface area contributed by atoms with Gasteiger partial charge >= 0.3 is 0 Å². The fourth-order valence-corrected chi connectivity index (χ4v) is 4.02. The van der Waals surface area contributed by atoms with Crippen molar-refractivity contribution < 1.29 is 5.11 Å². The van der Waals surface area contributed by atoms with E-state index in [0.717, 1.165) is 26.2 Å². The van der Waals surface area contributed by atoms with Crippen molar-refractivity contribution in [3.8, 4) is 5.88 Å². The van der Waals surface area contributed by atoms with Gasteiger partial charge in [-0.25, -0.2) is 0 Å². The first kappa shape index (κ1) is 19.2. The second-order valence-corrected chi connectivity index (χ2v) is 7.29. The van der Waals surface area contributed by atoms with Crippen molar-refractivity contribution in [3.63, 3.8) is 0 Å². The van der Waals surface area contributed by atoms with Crippen molar-refractivity contribution >= 4 is 5.95 Å². The van der Waals surface area contributed by atoms with Gasteiger partial charge in [-0.3, -0.25) is 14.7 Å². The molecule has 0 atom stereocenters. The molecule has 2 heterocycles. The number of anilines is 1. The van der Waals surface area contributed by atoms with Crippen LogP contribution in [0, 0.1) is 0 Å². The second-order valence-electron chi connectivity index (χ2n) is 7.29. The standard InChI is InChI=1S/C23H26N4O2/c1-2-19-21(28)24-23(25-22(19)29)27-15-13-26(14-16-27)20(17-9-5-3-6-10-17)18-11-7-4-8-12-18/h3-12,20H,2,13-16H2,1H3,(H2,24,25,28,29). The van der Waals surface area contributed by atoms with E-state index in [1.807, 2.05) is 24.0 Å². The summed E-state index contributed by atoms with van der Waals surface area (Å²) in [5, 5.41) is 10.1. The van der Waals surface area contributed by atoms with E-state index in [4.69, 9.17) is 0 Å². The lowest BCUT2D eigenvalue weighted by molar-refractivity contribution is 0.211. The Morgan fingerprint density at radius 1 is 0.966 bits per heavy atom. The molecule has 0 saturated carbocycles. The third kappa shape index (κ3) is 4.03. The summed E-state index contributed by atoms with van der Waals surface area (Å²) >= 11 is 0. The highest BCUT2D eigenvalue weighted by Gasteiger charge is 2.27. The number of H-pyrrole nitrogens is 1. The lowest BCUT2D eigenvalue weighted by Crippen LogP contribution is -2.48. The molecule has 2 aromatic carbocycles. The quantitative estimate of drug-likeness (QED) is 0.701. The molecule has 4 rings (SSSR count). The van der Waals surface area contributed by atoms with Crippen LogP contribution in [0.5, 0.6) is 5.88 Å². The van der Waals surface area contributed by atoms with Crippen LogP contribution in [-0.4, -0.2) is 46.2 Å². The molecular formula is C23H26N4O2. The predicted molar refractivity (Wildman–Crippen MR) is 114 cm³/mol. The highest BCUT2D eigenvalue weighted by atomic mass is 16.3. The third-order valence-corrected chi connectivity index (χ3v) is 5.54. The fourth-order valence-electron chi connectivity index (χ4n) is 4.02. The number of piperazine rings is 1. The van der Waals surface area contributed by atoms with Crippen LogP contribution in [0.1, 0.15) is 29.7 Å². The van der Waals surface area contributed by atoms with Gasteiger partial charge in [-0.2, -0.15) is 4.98 Å². The largest absolute Gasteiger partial charge is 0.493 e. The molecule has 0 amide bonds. The first-order valence-corrected chi connectivity index (χ1v) is 10.1. The summed E-state index contributed by atoms with van der Waals surface area (Å²) in [4.78, 5) is 23.7. The van der Waals surface area contributed by atoms with Gasteiger partial charge in [0.05, 0.1) is 11.6 Å². The molecule has 6 nitrogen and oxygen atoms in total. The summed E-state index contributed by atoms with van der Waals surface area (Å²) < 4.78 is 0.